The van der Waals surface area contributed by atoms with E-state index in [1.165, 1.54) is 23.5 Å². The van der Waals surface area contributed by atoms with E-state index in [4.69, 9.17) is 21.0 Å². The maximum atomic E-state index is 13.7. The van der Waals surface area contributed by atoms with E-state index in [9.17, 15) is 13.2 Å². The molecule has 2 aromatic heterocycles. The number of nitrogens with zero attached hydrogens (tertiary/aromatic N) is 3. The number of furan rings is 1. The number of aryl methyl sites for hydroxylation is 1. The molecule has 4 aromatic rings. The highest BCUT2D eigenvalue weighted by Crippen LogP contribution is 2.34. The maximum absolute atomic E-state index is 13.7. The summed E-state index contributed by atoms with van der Waals surface area (Å²) in [6.45, 7) is 3.17. The molecule has 5 rings (SSSR count). The molecule has 188 valence electrons. The number of thiazole rings is 1. The zero-order valence-electron chi connectivity index (χ0n) is 19.8. The van der Waals surface area contributed by atoms with Crippen LogP contribution >= 0.6 is 22.9 Å². The standard InChI is InChI=1S/C26H26ClN3O4S2/c1-18-15-20(27)16-23-24(18)28-26(35-23)30(17-21-7-6-14-34-21)25(31)19-8-10-22(11-9-19)36(32,33)29-12-4-2-3-5-13-29/h6-11,14-16H,2-5,12-13,17H2,1H3. The zero-order valence-corrected chi connectivity index (χ0v) is 22.2. The molecule has 0 N–H and O–H groups in total. The van der Waals surface area contributed by atoms with E-state index in [1.54, 1.807) is 39.7 Å². The lowest BCUT2D eigenvalue weighted by Gasteiger charge is -2.21. The van der Waals surface area contributed by atoms with Crippen molar-refractivity contribution < 1.29 is 17.6 Å². The smallest absolute Gasteiger partial charge is 0.260 e. The average Bonchev–Trinajstić information content (AvgIpc) is 3.44. The van der Waals surface area contributed by atoms with Crippen LogP contribution in [0.4, 0.5) is 5.13 Å². The van der Waals surface area contributed by atoms with Gasteiger partial charge in [-0.15, -0.1) is 0 Å². The first-order valence-electron chi connectivity index (χ1n) is 11.8. The second-order valence-electron chi connectivity index (χ2n) is 8.88. The SMILES string of the molecule is Cc1cc(Cl)cc2sc(N(Cc3ccco3)C(=O)c3ccc(S(=O)(=O)N4CCCCCC4)cc3)nc12. The Balaban J connectivity index is 1.46. The van der Waals surface area contributed by atoms with Gasteiger partial charge in [0.05, 0.1) is 27.9 Å². The fourth-order valence-corrected chi connectivity index (χ4v) is 7.33. The number of benzene rings is 2. The summed E-state index contributed by atoms with van der Waals surface area (Å²) in [5.41, 5.74) is 2.08. The fraction of sp³-hybridized carbons (Fsp3) is 0.308. The largest absolute Gasteiger partial charge is 0.467 e. The Morgan fingerprint density at radius 1 is 1.11 bits per heavy atom. The fourth-order valence-electron chi connectivity index (χ4n) is 4.40. The zero-order chi connectivity index (χ0) is 25.3. The highest BCUT2D eigenvalue weighted by Gasteiger charge is 2.27. The lowest BCUT2D eigenvalue weighted by Crippen LogP contribution is -2.32. The van der Waals surface area contributed by atoms with Crippen molar-refractivity contribution in [2.45, 2.75) is 44.0 Å². The summed E-state index contributed by atoms with van der Waals surface area (Å²) in [6, 6.07) is 13.4. The van der Waals surface area contributed by atoms with Crippen molar-refractivity contribution in [1.29, 1.82) is 0 Å². The molecular formula is C26H26ClN3O4S2. The summed E-state index contributed by atoms with van der Waals surface area (Å²) >= 11 is 7.61. The molecule has 0 unspecified atom stereocenters. The Labute approximate surface area is 219 Å². The van der Waals surface area contributed by atoms with Gasteiger partial charge in [0.2, 0.25) is 10.0 Å². The van der Waals surface area contributed by atoms with Crippen LogP contribution < -0.4 is 4.90 Å². The highest BCUT2D eigenvalue weighted by molar-refractivity contribution is 7.89. The summed E-state index contributed by atoms with van der Waals surface area (Å²) in [7, 11) is -3.60. The predicted octanol–water partition coefficient (Wildman–Crippen LogP) is 6.26. The molecule has 0 saturated carbocycles. The molecule has 7 nitrogen and oxygen atoms in total. The molecule has 0 bridgehead atoms. The van der Waals surface area contributed by atoms with Gasteiger partial charge < -0.3 is 4.42 Å². The normalized spacial score (nSPS) is 15.2. The van der Waals surface area contributed by atoms with Crippen molar-refractivity contribution >= 4 is 54.2 Å². The Kier molecular flexibility index (Phi) is 7.16. The van der Waals surface area contributed by atoms with Gasteiger partial charge in [0.1, 0.15) is 5.76 Å². The Morgan fingerprint density at radius 3 is 2.50 bits per heavy atom. The van der Waals surface area contributed by atoms with Crippen molar-refractivity contribution in [3.8, 4) is 0 Å². The van der Waals surface area contributed by atoms with E-state index in [-0.39, 0.29) is 17.3 Å². The number of halogens is 1. The monoisotopic (exact) mass is 543 g/mol. The van der Waals surface area contributed by atoms with Gasteiger partial charge in [0.25, 0.3) is 5.91 Å². The molecule has 1 aliphatic rings. The van der Waals surface area contributed by atoms with Gasteiger partial charge in [0, 0.05) is 23.7 Å². The van der Waals surface area contributed by atoms with Gasteiger partial charge in [-0.05, 0) is 73.9 Å². The van der Waals surface area contributed by atoms with E-state index >= 15 is 0 Å². The molecule has 2 aromatic carbocycles. The molecule has 0 atom stereocenters. The van der Waals surface area contributed by atoms with Crippen LogP contribution in [0.15, 0.2) is 64.1 Å². The van der Waals surface area contributed by atoms with E-state index in [2.05, 4.69) is 0 Å². The number of carbonyl (C=O) groups is 1. The van der Waals surface area contributed by atoms with Crippen molar-refractivity contribution in [3.05, 3.63) is 76.7 Å². The summed E-state index contributed by atoms with van der Waals surface area (Å²) in [5.74, 6) is 0.311. The molecule has 0 aliphatic carbocycles. The second kappa shape index (κ2) is 10.3. The van der Waals surface area contributed by atoms with Crippen LogP contribution in [-0.2, 0) is 16.6 Å². The summed E-state index contributed by atoms with van der Waals surface area (Å²) < 4.78 is 34.2. The summed E-state index contributed by atoms with van der Waals surface area (Å²) in [6.07, 6.45) is 5.38. The number of amides is 1. The lowest BCUT2D eigenvalue weighted by atomic mass is 10.2. The summed E-state index contributed by atoms with van der Waals surface area (Å²) in [4.78, 5) is 20.2. The molecule has 1 aliphatic heterocycles. The van der Waals surface area contributed by atoms with Crippen LogP contribution in [0.3, 0.4) is 0 Å². The quantitative estimate of drug-likeness (QED) is 0.286. The number of sulfonamides is 1. The average molecular weight is 544 g/mol. The van der Waals surface area contributed by atoms with Gasteiger partial charge in [-0.3, -0.25) is 9.69 Å². The molecule has 1 saturated heterocycles. The minimum atomic E-state index is -3.60. The van der Waals surface area contributed by atoms with Gasteiger partial charge in [0.15, 0.2) is 5.13 Å². The van der Waals surface area contributed by atoms with Crippen molar-refractivity contribution in [2.75, 3.05) is 18.0 Å². The third-order valence-corrected chi connectivity index (χ3v) is 9.47. The van der Waals surface area contributed by atoms with Crippen LogP contribution in [0.2, 0.25) is 5.02 Å². The first kappa shape index (κ1) is 25.0. The number of rotatable bonds is 6. The number of hydrogen-bond donors (Lipinski definition) is 0. The van der Waals surface area contributed by atoms with E-state index in [0.29, 0.717) is 34.6 Å². The Morgan fingerprint density at radius 2 is 1.83 bits per heavy atom. The number of carbonyl (C=O) groups excluding carboxylic acids is 1. The number of anilines is 1. The van der Waals surface area contributed by atoms with Crippen LogP contribution in [-0.4, -0.2) is 36.7 Å². The third-order valence-electron chi connectivity index (χ3n) is 6.31. The number of hydrogen-bond acceptors (Lipinski definition) is 6. The van der Waals surface area contributed by atoms with Crippen molar-refractivity contribution in [3.63, 3.8) is 0 Å². The van der Waals surface area contributed by atoms with Crippen LogP contribution in [0, 0.1) is 6.92 Å². The minimum absolute atomic E-state index is 0.187. The molecule has 1 fully saturated rings. The number of aromatic nitrogens is 1. The number of fused-ring (bicyclic) bond motifs is 1. The van der Waals surface area contributed by atoms with Crippen molar-refractivity contribution in [1.82, 2.24) is 9.29 Å². The molecule has 1 amide bonds. The second-order valence-corrected chi connectivity index (χ2v) is 12.3. The van der Waals surface area contributed by atoms with Gasteiger partial charge >= 0.3 is 0 Å². The van der Waals surface area contributed by atoms with Crippen LogP contribution in [0.1, 0.15) is 47.4 Å². The first-order valence-corrected chi connectivity index (χ1v) is 14.5. The van der Waals surface area contributed by atoms with Crippen molar-refractivity contribution in [2.24, 2.45) is 0 Å². The molecule has 0 spiro atoms. The molecule has 10 heteroatoms. The minimum Gasteiger partial charge on any atom is -0.467 e. The van der Waals surface area contributed by atoms with E-state index in [0.717, 1.165) is 41.5 Å². The van der Waals surface area contributed by atoms with Crippen LogP contribution in [0.25, 0.3) is 10.2 Å². The third kappa shape index (κ3) is 5.06. The van der Waals surface area contributed by atoms with Gasteiger partial charge in [-0.25, -0.2) is 13.4 Å². The molecular weight excluding hydrogens is 518 g/mol. The van der Waals surface area contributed by atoms with Gasteiger partial charge in [-0.2, -0.15) is 4.31 Å². The molecule has 0 radical (unpaired) electrons. The van der Waals surface area contributed by atoms with Crippen LogP contribution in [0.5, 0.6) is 0 Å². The molecule has 36 heavy (non-hydrogen) atoms. The lowest BCUT2D eigenvalue weighted by molar-refractivity contribution is 0.0983. The Bertz CT molecular complexity index is 1470. The Hall–Kier alpha value is -2.72. The van der Waals surface area contributed by atoms with E-state index < -0.39 is 10.0 Å². The molecule has 3 heterocycles. The maximum Gasteiger partial charge on any atom is 0.260 e. The topological polar surface area (TPSA) is 83.7 Å². The summed E-state index contributed by atoms with van der Waals surface area (Å²) in [5, 5.41) is 1.12. The predicted molar refractivity (Wildman–Crippen MR) is 142 cm³/mol. The van der Waals surface area contributed by atoms with E-state index in [1.807, 2.05) is 19.1 Å². The highest BCUT2D eigenvalue weighted by atomic mass is 35.5. The van der Waals surface area contributed by atoms with Gasteiger partial charge in [-0.1, -0.05) is 35.8 Å². The first-order chi connectivity index (χ1) is 17.3.